The van der Waals surface area contributed by atoms with Gasteiger partial charge in [-0.25, -0.2) is 8.78 Å². The van der Waals surface area contributed by atoms with Gasteiger partial charge in [0, 0.05) is 30.9 Å². The summed E-state index contributed by atoms with van der Waals surface area (Å²) in [6.45, 7) is 2.66. The normalized spacial score (nSPS) is 18.7. The Labute approximate surface area is 154 Å². The molecule has 1 heterocycles. The van der Waals surface area contributed by atoms with Crippen LogP contribution in [0.5, 0.6) is 0 Å². The predicted octanol–water partition coefficient (Wildman–Crippen LogP) is 4.51. The van der Waals surface area contributed by atoms with Crippen molar-refractivity contribution in [3.63, 3.8) is 0 Å². The second-order valence-electron chi connectivity index (χ2n) is 5.93. The Hall–Kier alpha value is -1.69. The molecule has 0 unspecified atom stereocenters. The fourth-order valence-electron chi connectivity index (χ4n) is 2.93. The zero-order chi connectivity index (χ0) is 18.1. The van der Waals surface area contributed by atoms with E-state index in [0.717, 1.165) is 0 Å². The van der Waals surface area contributed by atoms with Crippen molar-refractivity contribution in [1.29, 1.82) is 0 Å². The number of benzene rings is 2. The van der Waals surface area contributed by atoms with Crippen molar-refractivity contribution >= 4 is 34.8 Å². The van der Waals surface area contributed by atoms with Gasteiger partial charge >= 0.3 is 0 Å². The van der Waals surface area contributed by atoms with Crippen molar-refractivity contribution in [3.05, 3.63) is 63.6 Å². The molecule has 0 aromatic heterocycles. The lowest BCUT2D eigenvalue weighted by Gasteiger charge is -2.39. The largest absolute Gasteiger partial charge is 0.310 e. The summed E-state index contributed by atoms with van der Waals surface area (Å²) >= 11 is 11.9. The number of carbonyl (C=O) groups excluding carboxylic acids is 1. The first kappa shape index (κ1) is 18.1. The molecule has 7 heteroatoms. The van der Waals surface area contributed by atoms with E-state index in [0.29, 0.717) is 28.8 Å². The minimum absolute atomic E-state index is 0.0230. The van der Waals surface area contributed by atoms with Gasteiger partial charge in [0.05, 0.1) is 16.1 Å². The van der Waals surface area contributed by atoms with E-state index in [1.807, 2.05) is 0 Å². The Balaban J connectivity index is 1.78. The first-order chi connectivity index (χ1) is 11.9. The van der Waals surface area contributed by atoms with Gasteiger partial charge in [-0.3, -0.25) is 9.69 Å². The molecule has 2 aromatic carbocycles. The summed E-state index contributed by atoms with van der Waals surface area (Å²) in [7, 11) is 0. The molecule has 3 rings (SSSR count). The molecule has 0 bridgehead atoms. The number of amides is 1. The molecule has 0 aliphatic carbocycles. The van der Waals surface area contributed by atoms with E-state index in [-0.39, 0.29) is 18.0 Å². The quantitative estimate of drug-likeness (QED) is 0.777. The summed E-state index contributed by atoms with van der Waals surface area (Å²) in [5.41, 5.74) is 0.633. The van der Waals surface area contributed by atoms with E-state index in [1.54, 1.807) is 34.9 Å². The van der Waals surface area contributed by atoms with Crippen LogP contribution >= 0.6 is 23.2 Å². The lowest BCUT2D eigenvalue weighted by molar-refractivity contribution is -0.125. The minimum Gasteiger partial charge on any atom is -0.310 e. The van der Waals surface area contributed by atoms with Crippen LogP contribution in [0.1, 0.15) is 12.5 Å². The molecular formula is C18H16Cl2F2N2O. The first-order valence-corrected chi connectivity index (χ1v) is 8.57. The second kappa shape index (κ2) is 7.28. The average molecular weight is 385 g/mol. The van der Waals surface area contributed by atoms with Crippen LogP contribution in [0.4, 0.5) is 14.5 Å². The van der Waals surface area contributed by atoms with Crippen LogP contribution in [0.25, 0.3) is 0 Å². The molecule has 3 nitrogen and oxygen atoms in total. The maximum atomic E-state index is 13.9. The van der Waals surface area contributed by atoms with Gasteiger partial charge in [-0.15, -0.1) is 0 Å². The maximum Gasteiger partial charge on any atom is 0.244 e. The zero-order valence-electron chi connectivity index (χ0n) is 13.5. The number of anilines is 1. The SMILES string of the molecule is C[C@@H]1C(=O)N(c2ccc(Cl)c(Cl)c2)CCN1Cc1c(F)cccc1F. The Morgan fingerprint density at radius 3 is 2.40 bits per heavy atom. The summed E-state index contributed by atoms with van der Waals surface area (Å²) in [5.74, 6) is -1.36. The van der Waals surface area contributed by atoms with Gasteiger partial charge in [-0.05, 0) is 37.3 Å². The van der Waals surface area contributed by atoms with Gasteiger partial charge in [0.25, 0.3) is 0 Å². The van der Waals surface area contributed by atoms with E-state index in [1.165, 1.54) is 18.2 Å². The first-order valence-electron chi connectivity index (χ1n) is 7.82. The Morgan fingerprint density at radius 2 is 1.76 bits per heavy atom. The standard InChI is InChI=1S/C18H16Cl2F2N2O/c1-11-18(25)24(12-5-6-14(19)15(20)9-12)8-7-23(11)10-13-16(21)3-2-4-17(13)22/h2-6,9,11H,7-8,10H2,1H3/t11-/m1/s1. The van der Waals surface area contributed by atoms with E-state index in [2.05, 4.69) is 0 Å². The third-order valence-electron chi connectivity index (χ3n) is 4.42. The van der Waals surface area contributed by atoms with Gasteiger partial charge < -0.3 is 4.90 Å². The fourth-order valence-corrected chi connectivity index (χ4v) is 3.22. The summed E-state index contributed by atoms with van der Waals surface area (Å²) in [5, 5.41) is 0.787. The molecule has 1 amide bonds. The van der Waals surface area contributed by atoms with E-state index < -0.39 is 17.7 Å². The summed E-state index contributed by atoms with van der Waals surface area (Å²) in [6.07, 6.45) is 0. The smallest absolute Gasteiger partial charge is 0.244 e. The molecule has 0 saturated carbocycles. The molecule has 0 radical (unpaired) electrons. The lowest BCUT2D eigenvalue weighted by atomic mass is 10.1. The van der Waals surface area contributed by atoms with Crippen LogP contribution in [0.3, 0.4) is 0 Å². The number of rotatable bonds is 3. The highest BCUT2D eigenvalue weighted by Gasteiger charge is 2.33. The Bertz CT molecular complexity index is 795. The van der Waals surface area contributed by atoms with E-state index in [4.69, 9.17) is 23.2 Å². The van der Waals surface area contributed by atoms with Gasteiger partial charge in [0.2, 0.25) is 5.91 Å². The van der Waals surface area contributed by atoms with Crippen LogP contribution in [0.15, 0.2) is 36.4 Å². The third kappa shape index (κ3) is 3.64. The van der Waals surface area contributed by atoms with Crippen molar-refractivity contribution in [1.82, 2.24) is 4.90 Å². The van der Waals surface area contributed by atoms with E-state index >= 15 is 0 Å². The van der Waals surface area contributed by atoms with Crippen LogP contribution in [-0.4, -0.2) is 29.9 Å². The van der Waals surface area contributed by atoms with Gasteiger partial charge in [0.1, 0.15) is 11.6 Å². The molecule has 2 aromatic rings. The molecule has 1 atom stereocenters. The number of hydrogen-bond donors (Lipinski definition) is 0. The molecule has 132 valence electrons. The third-order valence-corrected chi connectivity index (χ3v) is 5.16. The molecule has 1 aliphatic heterocycles. The van der Waals surface area contributed by atoms with Gasteiger partial charge in [-0.1, -0.05) is 29.3 Å². The van der Waals surface area contributed by atoms with Crippen molar-refractivity contribution in [2.24, 2.45) is 0 Å². The van der Waals surface area contributed by atoms with Gasteiger partial charge in [-0.2, -0.15) is 0 Å². The molecule has 0 N–H and O–H groups in total. The number of halogens is 4. The van der Waals surface area contributed by atoms with Crippen LogP contribution < -0.4 is 4.90 Å². The monoisotopic (exact) mass is 384 g/mol. The summed E-state index contributed by atoms with van der Waals surface area (Å²) in [4.78, 5) is 16.1. The predicted molar refractivity (Wildman–Crippen MR) is 95.0 cm³/mol. The maximum absolute atomic E-state index is 13.9. The highest BCUT2D eigenvalue weighted by atomic mass is 35.5. The van der Waals surface area contributed by atoms with E-state index in [9.17, 15) is 13.6 Å². The van der Waals surface area contributed by atoms with Gasteiger partial charge in [0.15, 0.2) is 0 Å². The average Bonchev–Trinajstić information content (AvgIpc) is 2.58. The highest BCUT2D eigenvalue weighted by Crippen LogP contribution is 2.29. The van der Waals surface area contributed by atoms with Crippen molar-refractivity contribution in [3.8, 4) is 0 Å². The van der Waals surface area contributed by atoms with Crippen molar-refractivity contribution in [2.75, 3.05) is 18.0 Å². The topological polar surface area (TPSA) is 23.6 Å². The number of piperazine rings is 1. The van der Waals surface area contributed by atoms with Crippen LogP contribution in [-0.2, 0) is 11.3 Å². The summed E-state index contributed by atoms with van der Waals surface area (Å²) in [6, 6.07) is 8.25. The Morgan fingerprint density at radius 1 is 1.08 bits per heavy atom. The number of carbonyl (C=O) groups is 1. The number of hydrogen-bond acceptors (Lipinski definition) is 2. The molecular weight excluding hydrogens is 369 g/mol. The lowest BCUT2D eigenvalue weighted by Crippen LogP contribution is -2.55. The molecule has 0 spiro atoms. The molecule has 25 heavy (non-hydrogen) atoms. The molecule has 1 fully saturated rings. The highest BCUT2D eigenvalue weighted by molar-refractivity contribution is 6.42. The second-order valence-corrected chi connectivity index (χ2v) is 6.75. The Kier molecular flexibility index (Phi) is 5.27. The zero-order valence-corrected chi connectivity index (χ0v) is 15.0. The van der Waals surface area contributed by atoms with Crippen molar-refractivity contribution < 1.29 is 13.6 Å². The van der Waals surface area contributed by atoms with Crippen LogP contribution in [0, 0.1) is 11.6 Å². The minimum atomic E-state index is -0.605. The fraction of sp³-hybridized carbons (Fsp3) is 0.278. The number of nitrogens with zero attached hydrogens (tertiary/aromatic N) is 2. The molecule has 1 saturated heterocycles. The van der Waals surface area contributed by atoms with Crippen LogP contribution in [0.2, 0.25) is 10.0 Å². The summed E-state index contributed by atoms with van der Waals surface area (Å²) < 4.78 is 27.7. The molecule has 1 aliphatic rings. The van der Waals surface area contributed by atoms with Crippen molar-refractivity contribution in [2.45, 2.75) is 19.5 Å².